The van der Waals surface area contributed by atoms with E-state index in [4.69, 9.17) is 14.7 Å². The van der Waals surface area contributed by atoms with E-state index < -0.39 is 0 Å². The monoisotopic (exact) mass is 234 g/mol. The van der Waals surface area contributed by atoms with Gasteiger partial charge >= 0.3 is 0 Å². The lowest BCUT2D eigenvalue weighted by atomic mass is 10.1. The lowest BCUT2D eigenvalue weighted by molar-refractivity contribution is -0.115. The molecule has 17 heavy (non-hydrogen) atoms. The summed E-state index contributed by atoms with van der Waals surface area (Å²) in [5.74, 6) is 0.796. The third-order valence-electron chi connectivity index (χ3n) is 2.23. The number of anilines is 1. The van der Waals surface area contributed by atoms with Crippen LogP contribution in [0, 0.1) is 18.3 Å². The van der Waals surface area contributed by atoms with Gasteiger partial charge in [-0.1, -0.05) is 0 Å². The summed E-state index contributed by atoms with van der Waals surface area (Å²) >= 11 is 0. The highest BCUT2D eigenvalue weighted by molar-refractivity contribution is 5.94. The molecule has 1 aromatic rings. The molecule has 1 amide bonds. The van der Waals surface area contributed by atoms with E-state index in [9.17, 15) is 4.79 Å². The topological polar surface area (TPSA) is 71.3 Å². The average Bonchev–Trinajstić information content (AvgIpc) is 2.31. The Labute approximate surface area is 100.0 Å². The zero-order valence-electron chi connectivity index (χ0n) is 10.0. The first-order valence-electron chi connectivity index (χ1n) is 5.01. The summed E-state index contributed by atoms with van der Waals surface area (Å²) in [4.78, 5) is 11.4. The van der Waals surface area contributed by atoms with Gasteiger partial charge in [0.1, 0.15) is 17.9 Å². The zero-order valence-corrected chi connectivity index (χ0v) is 10.0. The molecule has 5 nitrogen and oxygen atoms in total. The largest absolute Gasteiger partial charge is 0.497 e. The zero-order chi connectivity index (χ0) is 12.8. The normalized spacial score (nSPS) is 9.29. The number of hydrogen-bond acceptors (Lipinski definition) is 4. The van der Waals surface area contributed by atoms with E-state index in [1.165, 1.54) is 7.11 Å². The fourth-order valence-corrected chi connectivity index (χ4v) is 1.42. The summed E-state index contributed by atoms with van der Waals surface area (Å²) in [6.45, 7) is 1.83. The third kappa shape index (κ3) is 3.11. The summed E-state index contributed by atoms with van der Waals surface area (Å²) in [6.07, 6.45) is -0.186. The van der Waals surface area contributed by atoms with Gasteiger partial charge in [-0.05, 0) is 18.6 Å². The number of hydrogen-bond donors (Lipinski definition) is 1. The van der Waals surface area contributed by atoms with E-state index in [1.807, 2.05) is 6.92 Å². The molecular formula is C12H14N2O3. The minimum absolute atomic E-state index is 0.186. The molecule has 5 heteroatoms. The predicted octanol–water partition coefficient (Wildman–Crippen LogP) is 1.86. The van der Waals surface area contributed by atoms with Crippen LogP contribution in [-0.4, -0.2) is 20.1 Å². The smallest absolute Gasteiger partial charge is 0.238 e. The summed E-state index contributed by atoms with van der Waals surface area (Å²) in [6, 6.07) is 5.25. The van der Waals surface area contributed by atoms with Crippen LogP contribution >= 0.6 is 0 Å². The van der Waals surface area contributed by atoms with Gasteiger partial charge < -0.3 is 14.8 Å². The molecule has 0 saturated heterocycles. The molecule has 0 aliphatic carbocycles. The van der Waals surface area contributed by atoms with Gasteiger partial charge in [0.05, 0.1) is 26.0 Å². The van der Waals surface area contributed by atoms with Crippen molar-refractivity contribution in [2.24, 2.45) is 0 Å². The fraction of sp³-hybridized carbons (Fsp3) is 0.333. The molecule has 0 aliphatic heterocycles. The van der Waals surface area contributed by atoms with Crippen molar-refractivity contribution in [3.63, 3.8) is 0 Å². The van der Waals surface area contributed by atoms with Crippen molar-refractivity contribution < 1.29 is 14.3 Å². The molecule has 1 aromatic carbocycles. The van der Waals surface area contributed by atoms with Crippen LogP contribution in [0.2, 0.25) is 0 Å². The Hall–Kier alpha value is -2.22. The molecule has 0 bridgehead atoms. The number of nitriles is 1. The Morgan fingerprint density at radius 2 is 2.12 bits per heavy atom. The average molecular weight is 234 g/mol. The van der Waals surface area contributed by atoms with E-state index in [2.05, 4.69) is 5.32 Å². The van der Waals surface area contributed by atoms with Crippen LogP contribution in [0.1, 0.15) is 12.0 Å². The molecule has 1 rings (SSSR count). The second-order valence-electron chi connectivity index (χ2n) is 3.40. The Morgan fingerprint density at radius 3 is 2.65 bits per heavy atom. The minimum atomic E-state index is -0.362. The maximum Gasteiger partial charge on any atom is 0.238 e. The maximum atomic E-state index is 11.4. The molecule has 0 heterocycles. The van der Waals surface area contributed by atoms with E-state index in [1.54, 1.807) is 25.3 Å². The molecule has 0 unspecified atom stereocenters. The molecule has 0 fully saturated rings. The summed E-state index contributed by atoms with van der Waals surface area (Å²) < 4.78 is 10.3. The summed E-state index contributed by atoms with van der Waals surface area (Å²) in [7, 11) is 3.07. The molecule has 0 aliphatic rings. The molecule has 0 spiro atoms. The van der Waals surface area contributed by atoms with Crippen LogP contribution in [-0.2, 0) is 4.79 Å². The number of carbonyl (C=O) groups is 1. The van der Waals surface area contributed by atoms with Gasteiger partial charge in [0, 0.05) is 6.07 Å². The van der Waals surface area contributed by atoms with Gasteiger partial charge in [0.15, 0.2) is 0 Å². The van der Waals surface area contributed by atoms with Gasteiger partial charge in [-0.25, -0.2) is 0 Å². The molecular weight excluding hydrogens is 220 g/mol. The second kappa shape index (κ2) is 5.75. The first-order chi connectivity index (χ1) is 8.12. The third-order valence-corrected chi connectivity index (χ3v) is 2.23. The number of aryl methyl sites for hydroxylation is 1. The first kappa shape index (κ1) is 12.8. The number of ether oxygens (including phenoxy) is 2. The van der Waals surface area contributed by atoms with Crippen molar-refractivity contribution in [2.45, 2.75) is 13.3 Å². The van der Waals surface area contributed by atoms with Crippen LogP contribution in [0.3, 0.4) is 0 Å². The minimum Gasteiger partial charge on any atom is -0.497 e. The van der Waals surface area contributed by atoms with Gasteiger partial charge in [0.25, 0.3) is 0 Å². The fourth-order valence-electron chi connectivity index (χ4n) is 1.42. The number of benzene rings is 1. The maximum absolute atomic E-state index is 11.4. The van der Waals surface area contributed by atoms with Gasteiger partial charge in [0.2, 0.25) is 5.91 Å². The van der Waals surface area contributed by atoms with Gasteiger partial charge in [-0.2, -0.15) is 5.26 Å². The standard InChI is InChI=1S/C12H14N2O3/c1-8-6-9(16-2)7-10(17-3)12(8)14-11(15)4-5-13/h6-7H,4H2,1-3H3,(H,14,15). The van der Waals surface area contributed by atoms with E-state index in [0.29, 0.717) is 17.2 Å². The van der Waals surface area contributed by atoms with Crippen LogP contribution in [0.15, 0.2) is 12.1 Å². The molecule has 0 saturated carbocycles. The van der Waals surface area contributed by atoms with Gasteiger partial charge in [-0.15, -0.1) is 0 Å². The first-order valence-corrected chi connectivity index (χ1v) is 5.01. The van der Waals surface area contributed by atoms with Gasteiger partial charge in [-0.3, -0.25) is 4.79 Å². The Bertz CT molecular complexity index is 464. The van der Waals surface area contributed by atoms with Crippen molar-refractivity contribution >= 4 is 11.6 Å². The highest BCUT2D eigenvalue weighted by Crippen LogP contribution is 2.33. The van der Waals surface area contributed by atoms with Crippen molar-refractivity contribution in [3.05, 3.63) is 17.7 Å². The Balaban J connectivity index is 3.06. The molecule has 0 radical (unpaired) electrons. The molecule has 0 aromatic heterocycles. The molecule has 1 N–H and O–H groups in total. The number of nitrogens with zero attached hydrogens (tertiary/aromatic N) is 1. The summed E-state index contributed by atoms with van der Waals surface area (Å²) in [5, 5.41) is 11.1. The lowest BCUT2D eigenvalue weighted by Gasteiger charge is -2.13. The van der Waals surface area contributed by atoms with Crippen molar-refractivity contribution in [2.75, 3.05) is 19.5 Å². The SMILES string of the molecule is COc1cc(C)c(NC(=O)CC#N)c(OC)c1. The lowest BCUT2D eigenvalue weighted by Crippen LogP contribution is -2.12. The van der Waals surface area contributed by atoms with Crippen LogP contribution in [0.25, 0.3) is 0 Å². The van der Waals surface area contributed by atoms with E-state index >= 15 is 0 Å². The number of rotatable bonds is 4. The van der Waals surface area contributed by atoms with Crippen LogP contribution < -0.4 is 14.8 Å². The van der Waals surface area contributed by atoms with E-state index in [-0.39, 0.29) is 12.3 Å². The van der Waals surface area contributed by atoms with Crippen LogP contribution in [0.4, 0.5) is 5.69 Å². The number of carbonyl (C=O) groups excluding carboxylic acids is 1. The summed E-state index contributed by atoms with van der Waals surface area (Å²) in [5.41, 5.74) is 1.38. The molecule has 0 atom stereocenters. The van der Waals surface area contributed by atoms with Crippen molar-refractivity contribution in [1.29, 1.82) is 5.26 Å². The Morgan fingerprint density at radius 1 is 1.41 bits per heavy atom. The highest BCUT2D eigenvalue weighted by atomic mass is 16.5. The Kier molecular flexibility index (Phi) is 4.35. The number of amides is 1. The highest BCUT2D eigenvalue weighted by Gasteiger charge is 2.12. The quantitative estimate of drug-likeness (QED) is 0.863. The van der Waals surface area contributed by atoms with Crippen LogP contribution in [0.5, 0.6) is 11.5 Å². The van der Waals surface area contributed by atoms with Crippen molar-refractivity contribution in [1.82, 2.24) is 0 Å². The molecule has 90 valence electrons. The van der Waals surface area contributed by atoms with Crippen molar-refractivity contribution in [3.8, 4) is 17.6 Å². The second-order valence-corrected chi connectivity index (χ2v) is 3.40. The predicted molar refractivity (Wildman–Crippen MR) is 63.1 cm³/mol. The number of nitrogens with one attached hydrogen (secondary N) is 1. The number of methoxy groups -OCH3 is 2. The van der Waals surface area contributed by atoms with E-state index in [0.717, 1.165) is 5.56 Å².